The average Bonchev–Trinajstić information content (AvgIpc) is 2.40. The van der Waals surface area contributed by atoms with Gasteiger partial charge in [0.15, 0.2) is 0 Å². The highest BCUT2D eigenvalue weighted by atomic mass is 16.5. The molecule has 17 heavy (non-hydrogen) atoms. The SMILES string of the molecule is CNC1(Cc2cccc(OC)c2)CCCCC1. The average molecular weight is 233 g/mol. The number of rotatable bonds is 4. The van der Waals surface area contributed by atoms with Crippen molar-refractivity contribution in [1.29, 1.82) is 0 Å². The lowest BCUT2D eigenvalue weighted by molar-refractivity contribution is 0.244. The van der Waals surface area contributed by atoms with Crippen LogP contribution in [0.4, 0.5) is 0 Å². The van der Waals surface area contributed by atoms with Gasteiger partial charge in [0.2, 0.25) is 0 Å². The molecule has 1 aromatic rings. The Morgan fingerprint density at radius 1 is 1.24 bits per heavy atom. The van der Waals surface area contributed by atoms with Gasteiger partial charge >= 0.3 is 0 Å². The smallest absolute Gasteiger partial charge is 0.119 e. The van der Waals surface area contributed by atoms with E-state index in [4.69, 9.17) is 4.74 Å². The molecule has 0 spiro atoms. The molecule has 1 aliphatic carbocycles. The van der Waals surface area contributed by atoms with E-state index in [-0.39, 0.29) is 0 Å². The lowest BCUT2D eigenvalue weighted by atomic mass is 9.77. The summed E-state index contributed by atoms with van der Waals surface area (Å²) in [7, 11) is 3.83. The molecule has 2 nitrogen and oxygen atoms in total. The lowest BCUT2D eigenvalue weighted by Crippen LogP contribution is -2.46. The summed E-state index contributed by atoms with van der Waals surface area (Å²) >= 11 is 0. The van der Waals surface area contributed by atoms with Gasteiger partial charge in [-0.15, -0.1) is 0 Å². The van der Waals surface area contributed by atoms with Gasteiger partial charge in [-0.1, -0.05) is 31.4 Å². The van der Waals surface area contributed by atoms with Gasteiger partial charge < -0.3 is 10.1 Å². The third-order valence-corrected chi connectivity index (χ3v) is 4.02. The molecule has 0 saturated heterocycles. The Balaban J connectivity index is 2.11. The van der Waals surface area contributed by atoms with Crippen molar-refractivity contribution in [3.05, 3.63) is 29.8 Å². The van der Waals surface area contributed by atoms with E-state index in [1.165, 1.54) is 37.7 Å². The summed E-state index contributed by atoms with van der Waals surface area (Å²) < 4.78 is 5.29. The predicted molar refractivity (Wildman–Crippen MR) is 71.6 cm³/mol. The summed E-state index contributed by atoms with van der Waals surface area (Å²) in [5.41, 5.74) is 1.69. The Morgan fingerprint density at radius 2 is 2.00 bits per heavy atom. The highest BCUT2D eigenvalue weighted by Gasteiger charge is 2.30. The summed E-state index contributed by atoms with van der Waals surface area (Å²) in [6, 6.07) is 8.46. The molecule has 1 N–H and O–H groups in total. The molecular weight excluding hydrogens is 210 g/mol. The minimum absolute atomic E-state index is 0.310. The Bertz CT molecular complexity index is 356. The van der Waals surface area contributed by atoms with E-state index in [1.54, 1.807) is 7.11 Å². The van der Waals surface area contributed by atoms with Crippen LogP contribution in [0.2, 0.25) is 0 Å². The minimum atomic E-state index is 0.310. The van der Waals surface area contributed by atoms with Gasteiger partial charge in [0, 0.05) is 5.54 Å². The maximum Gasteiger partial charge on any atom is 0.119 e. The Morgan fingerprint density at radius 3 is 2.65 bits per heavy atom. The molecule has 0 aliphatic heterocycles. The second-order valence-electron chi connectivity index (χ2n) is 5.12. The Labute approximate surface area is 104 Å². The first kappa shape index (κ1) is 12.4. The summed E-state index contributed by atoms with van der Waals surface area (Å²) in [6.45, 7) is 0. The quantitative estimate of drug-likeness (QED) is 0.862. The summed E-state index contributed by atoms with van der Waals surface area (Å²) in [4.78, 5) is 0. The van der Waals surface area contributed by atoms with E-state index in [2.05, 4.69) is 30.6 Å². The third-order valence-electron chi connectivity index (χ3n) is 4.02. The molecule has 1 fully saturated rings. The topological polar surface area (TPSA) is 21.3 Å². The lowest BCUT2D eigenvalue weighted by Gasteiger charge is -2.37. The van der Waals surface area contributed by atoms with E-state index in [1.807, 2.05) is 6.07 Å². The van der Waals surface area contributed by atoms with Crippen LogP contribution in [0.15, 0.2) is 24.3 Å². The standard InChI is InChI=1S/C15H23NO/c1-16-15(9-4-3-5-10-15)12-13-7-6-8-14(11-13)17-2/h6-8,11,16H,3-5,9-10,12H2,1-2H3. The number of benzene rings is 1. The van der Waals surface area contributed by atoms with Crippen LogP contribution in [-0.2, 0) is 6.42 Å². The van der Waals surface area contributed by atoms with Gasteiger partial charge in [0.1, 0.15) is 5.75 Å². The van der Waals surface area contributed by atoms with Crippen molar-refractivity contribution < 1.29 is 4.74 Å². The fourth-order valence-corrected chi connectivity index (χ4v) is 2.92. The number of hydrogen-bond acceptors (Lipinski definition) is 2. The van der Waals surface area contributed by atoms with E-state index >= 15 is 0 Å². The van der Waals surface area contributed by atoms with Crippen molar-refractivity contribution in [2.75, 3.05) is 14.2 Å². The molecular formula is C15H23NO. The monoisotopic (exact) mass is 233 g/mol. The second kappa shape index (κ2) is 5.54. The van der Waals surface area contributed by atoms with E-state index in [0.717, 1.165) is 12.2 Å². The van der Waals surface area contributed by atoms with Gasteiger partial charge in [-0.05, 0) is 44.0 Å². The molecule has 0 aromatic heterocycles. The largest absolute Gasteiger partial charge is 0.497 e. The van der Waals surface area contributed by atoms with Crippen LogP contribution in [0.1, 0.15) is 37.7 Å². The molecule has 1 saturated carbocycles. The van der Waals surface area contributed by atoms with Crippen molar-refractivity contribution in [1.82, 2.24) is 5.32 Å². The maximum atomic E-state index is 5.29. The van der Waals surface area contributed by atoms with Crippen LogP contribution in [0, 0.1) is 0 Å². The van der Waals surface area contributed by atoms with E-state index in [9.17, 15) is 0 Å². The number of hydrogen-bond donors (Lipinski definition) is 1. The number of likely N-dealkylation sites (N-methyl/N-ethyl adjacent to an activating group) is 1. The van der Waals surface area contributed by atoms with Crippen LogP contribution < -0.4 is 10.1 Å². The summed E-state index contributed by atoms with van der Waals surface area (Å²) in [6.07, 6.45) is 7.79. The first-order valence-electron chi connectivity index (χ1n) is 6.60. The van der Waals surface area contributed by atoms with Crippen LogP contribution >= 0.6 is 0 Å². The normalized spacial score (nSPS) is 18.9. The van der Waals surface area contributed by atoms with Crippen LogP contribution in [0.3, 0.4) is 0 Å². The van der Waals surface area contributed by atoms with Gasteiger partial charge in [0.25, 0.3) is 0 Å². The van der Waals surface area contributed by atoms with Crippen molar-refractivity contribution in [3.8, 4) is 5.75 Å². The predicted octanol–water partition coefficient (Wildman–Crippen LogP) is 3.16. The second-order valence-corrected chi connectivity index (χ2v) is 5.12. The van der Waals surface area contributed by atoms with E-state index < -0.39 is 0 Å². The first-order chi connectivity index (χ1) is 8.28. The fraction of sp³-hybridized carbons (Fsp3) is 0.600. The van der Waals surface area contributed by atoms with Gasteiger partial charge in [0.05, 0.1) is 7.11 Å². The Hall–Kier alpha value is -1.02. The van der Waals surface area contributed by atoms with Crippen molar-refractivity contribution in [2.24, 2.45) is 0 Å². The van der Waals surface area contributed by atoms with E-state index in [0.29, 0.717) is 5.54 Å². The molecule has 94 valence electrons. The number of methoxy groups -OCH3 is 1. The van der Waals surface area contributed by atoms with Crippen molar-refractivity contribution in [3.63, 3.8) is 0 Å². The van der Waals surface area contributed by atoms with Crippen LogP contribution in [-0.4, -0.2) is 19.7 Å². The number of ether oxygens (including phenoxy) is 1. The molecule has 2 rings (SSSR count). The molecule has 0 atom stereocenters. The van der Waals surface area contributed by atoms with Crippen molar-refractivity contribution >= 4 is 0 Å². The zero-order valence-corrected chi connectivity index (χ0v) is 11.0. The number of nitrogens with one attached hydrogen (secondary N) is 1. The van der Waals surface area contributed by atoms with Gasteiger partial charge in [-0.2, -0.15) is 0 Å². The molecule has 2 heteroatoms. The molecule has 0 radical (unpaired) electrons. The fourth-order valence-electron chi connectivity index (χ4n) is 2.92. The molecule has 0 bridgehead atoms. The molecule has 1 aromatic carbocycles. The molecule has 1 aliphatic rings. The highest BCUT2D eigenvalue weighted by molar-refractivity contribution is 5.29. The Kier molecular flexibility index (Phi) is 4.06. The third kappa shape index (κ3) is 3.01. The zero-order valence-electron chi connectivity index (χ0n) is 11.0. The molecule has 0 amide bonds. The summed E-state index contributed by atoms with van der Waals surface area (Å²) in [5, 5.41) is 3.56. The van der Waals surface area contributed by atoms with Gasteiger partial charge in [-0.25, -0.2) is 0 Å². The van der Waals surface area contributed by atoms with Crippen LogP contribution in [0.5, 0.6) is 5.75 Å². The molecule has 0 heterocycles. The minimum Gasteiger partial charge on any atom is -0.497 e. The van der Waals surface area contributed by atoms with Gasteiger partial charge in [-0.3, -0.25) is 0 Å². The highest BCUT2D eigenvalue weighted by Crippen LogP contribution is 2.31. The maximum absolute atomic E-state index is 5.29. The van der Waals surface area contributed by atoms with Crippen LogP contribution in [0.25, 0.3) is 0 Å². The summed E-state index contributed by atoms with van der Waals surface area (Å²) in [5.74, 6) is 0.963. The zero-order chi connectivity index (χ0) is 12.1. The van der Waals surface area contributed by atoms with Crippen molar-refractivity contribution in [2.45, 2.75) is 44.1 Å². The molecule has 0 unspecified atom stereocenters. The first-order valence-corrected chi connectivity index (χ1v) is 6.60.